The lowest BCUT2D eigenvalue weighted by molar-refractivity contribution is 0.185. The molecule has 0 saturated carbocycles. The standard InChI is InChI=1S/C21H32N4O3.HI/c1-4-22-21(25-10-7-17(15-25)24-8-5-6-9-24)23-14-20(26)16-11-18(27-2)13-19(12-16)28-3;/h5-6,11-13,17,20,26H,4,7-10,14-15H2,1-3H3,(H,22,23);1H. The molecule has 2 aliphatic rings. The summed E-state index contributed by atoms with van der Waals surface area (Å²) >= 11 is 0. The molecule has 2 aliphatic heterocycles. The largest absolute Gasteiger partial charge is 0.497 e. The van der Waals surface area contributed by atoms with Gasteiger partial charge in [-0.05, 0) is 31.0 Å². The zero-order chi connectivity index (χ0) is 19.9. The van der Waals surface area contributed by atoms with E-state index < -0.39 is 6.10 Å². The van der Waals surface area contributed by atoms with Crippen LogP contribution in [0.2, 0.25) is 0 Å². The lowest BCUT2D eigenvalue weighted by Gasteiger charge is -2.25. The van der Waals surface area contributed by atoms with Gasteiger partial charge in [0, 0.05) is 44.8 Å². The Morgan fingerprint density at radius 1 is 1.21 bits per heavy atom. The highest BCUT2D eigenvalue weighted by Gasteiger charge is 2.29. The molecule has 0 aromatic heterocycles. The minimum Gasteiger partial charge on any atom is -0.497 e. The van der Waals surface area contributed by atoms with Gasteiger partial charge in [0.1, 0.15) is 11.5 Å². The van der Waals surface area contributed by atoms with E-state index in [0.29, 0.717) is 17.5 Å². The number of ether oxygens (including phenoxy) is 2. The fourth-order valence-electron chi connectivity index (χ4n) is 3.75. The fourth-order valence-corrected chi connectivity index (χ4v) is 3.75. The molecule has 1 aromatic rings. The molecule has 2 unspecified atom stereocenters. The maximum atomic E-state index is 10.7. The number of aliphatic hydroxyl groups excluding tert-OH is 1. The lowest BCUT2D eigenvalue weighted by Crippen LogP contribution is -2.43. The van der Waals surface area contributed by atoms with Crippen LogP contribution in [-0.4, -0.2) is 80.4 Å². The van der Waals surface area contributed by atoms with Crippen molar-refractivity contribution in [1.29, 1.82) is 0 Å². The molecule has 3 rings (SSSR count). The molecule has 1 fully saturated rings. The Kier molecular flexibility index (Phi) is 9.51. The third kappa shape index (κ3) is 6.23. The number of halogens is 1. The van der Waals surface area contributed by atoms with Crippen LogP contribution in [0.1, 0.15) is 25.0 Å². The number of benzene rings is 1. The summed E-state index contributed by atoms with van der Waals surface area (Å²) in [4.78, 5) is 9.51. The van der Waals surface area contributed by atoms with Gasteiger partial charge >= 0.3 is 0 Å². The minimum atomic E-state index is -0.723. The number of rotatable bonds is 7. The smallest absolute Gasteiger partial charge is 0.194 e. The summed E-state index contributed by atoms with van der Waals surface area (Å²) in [6.07, 6.45) is 4.89. The molecular formula is C21H33IN4O3. The van der Waals surface area contributed by atoms with Crippen LogP contribution in [0.4, 0.5) is 0 Å². The fraction of sp³-hybridized carbons (Fsp3) is 0.571. The van der Waals surface area contributed by atoms with E-state index in [1.807, 2.05) is 12.1 Å². The molecule has 7 nitrogen and oxygen atoms in total. The van der Waals surface area contributed by atoms with Crippen molar-refractivity contribution in [2.75, 3.05) is 53.5 Å². The Labute approximate surface area is 190 Å². The van der Waals surface area contributed by atoms with Crippen molar-refractivity contribution in [3.05, 3.63) is 35.9 Å². The molecule has 162 valence electrons. The topological polar surface area (TPSA) is 69.6 Å². The Morgan fingerprint density at radius 2 is 1.86 bits per heavy atom. The molecule has 2 N–H and O–H groups in total. The number of aliphatic hydroxyl groups is 1. The van der Waals surface area contributed by atoms with Crippen molar-refractivity contribution in [3.63, 3.8) is 0 Å². The number of nitrogens with zero attached hydrogens (tertiary/aromatic N) is 3. The number of hydrogen-bond acceptors (Lipinski definition) is 5. The first-order chi connectivity index (χ1) is 13.6. The van der Waals surface area contributed by atoms with Gasteiger partial charge in [0.05, 0.1) is 26.9 Å². The predicted molar refractivity (Wildman–Crippen MR) is 127 cm³/mol. The highest BCUT2D eigenvalue weighted by atomic mass is 127. The van der Waals surface area contributed by atoms with Crippen LogP contribution >= 0.6 is 24.0 Å². The van der Waals surface area contributed by atoms with Crippen molar-refractivity contribution >= 4 is 29.9 Å². The average molecular weight is 516 g/mol. The maximum Gasteiger partial charge on any atom is 0.194 e. The average Bonchev–Trinajstić information content (AvgIpc) is 3.42. The van der Waals surface area contributed by atoms with Crippen LogP contribution < -0.4 is 14.8 Å². The number of methoxy groups -OCH3 is 2. The second-order valence-corrected chi connectivity index (χ2v) is 7.17. The van der Waals surface area contributed by atoms with Gasteiger partial charge in [-0.15, -0.1) is 24.0 Å². The Hall–Kier alpha value is -1.52. The van der Waals surface area contributed by atoms with Crippen LogP contribution in [0.3, 0.4) is 0 Å². The number of hydrogen-bond donors (Lipinski definition) is 2. The SMILES string of the molecule is CCNC(=NCC(O)c1cc(OC)cc(OC)c1)N1CCC(N2CC=CC2)C1.I. The van der Waals surface area contributed by atoms with Crippen molar-refractivity contribution in [2.24, 2.45) is 4.99 Å². The Morgan fingerprint density at radius 3 is 2.45 bits per heavy atom. The summed E-state index contributed by atoms with van der Waals surface area (Å²) in [7, 11) is 3.21. The molecular weight excluding hydrogens is 483 g/mol. The summed E-state index contributed by atoms with van der Waals surface area (Å²) in [6.45, 7) is 7.19. The molecule has 2 heterocycles. The van der Waals surface area contributed by atoms with Crippen LogP contribution in [-0.2, 0) is 0 Å². The van der Waals surface area contributed by atoms with Gasteiger partial charge in [-0.25, -0.2) is 0 Å². The van der Waals surface area contributed by atoms with E-state index in [1.54, 1.807) is 20.3 Å². The van der Waals surface area contributed by atoms with E-state index >= 15 is 0 Å². The number of nitrogens with one attached hydrogen (secondary N) is 1. The molecule has 0 spiro atoms. The van der Waals surface area contributed by atoms with E-state index in [1.165, 1.54) is 0 Å². The zero-order valence-corrected chi connectivity index (χ0v) is 19.8. The highest BCUT2D eigenvalue weighted by Crippen LogP contribution is 2.26. The van der Waals surface area contributed by atoms with Crippen LogP contribution in [0.15, 0.2) is 35.3 Å². The maximum absolute atomic E-state index is 10.7. The number of guanidine groups is 1. The summed E-state index contributed by atoms with van der Waals surface area (Å²) in [5.41, 5.74) is 0.734. The predicted octanol–water partition coefficient (Wildman–Crippen LogP) is 2.27. The monoisotopic (exact) mass is 516 g/mol. The second kappa shape index (κ2) is 11.6. The molecule has 0 amide bonds. The Bertz CT molecular complexity index is 683. The van der Waals surface area contributed by atoms with Crippen LogP contribution in [0.25, 0.3) is 0 Å². The second-order valence-electron chi connectivity index (χ2n) is 7.17. The number of aliphatic imine (C=N–C) groups is 1. The quantitative estimate of drug-likeness (QED) is 0.251. The van der Waals surface area contributed by atoms with Gasteiger partial charge < -0.3 is 24.8 Å². The normalized spacial score (nSPS) is 20.5. The molecule has 0 radical (unpaired) electrons. The van der Waals surface area contributed by atoms with Crippen molar-refractivity contribution in [1.82, 2.24) is 15.1 Å². The van der Waals surface area contributed by atoms with Gasteiger partial charge in [0.25, 0.3) is 0 Å². The van der Waals surface area contributed by atoms with Gasteiger partial charge in [-0.3, -0.25) is 9.89 Å². The van der Waals surface area contributed by atoms with E-state index in [9.17, 15) is 5.11 Å². The molecule has 1 saturated heterocycles. The van der Waals surface area contributed by atoms with Gasteiger partial charge in [-0.2, -0.15) is 0 Å². The van der Waals surface area contributed by atoms with E-state index in [4.69, 9.17) is 14.5 Å². The Balaban J connectivity index is 0.00000300. The van der Waals surface area contributed by atoms with E-state index in [0.717, 1.165) is 50.7 Å². The lowest BCUT2D eigenvalue weighted by atomic mass is 10.1. The third-order valence-electron chi connectivity index (χ3n) is 5.33. The summed E-state index contributed by atoms with van der Waals surface area (Å²) < 4.78 is 10.6. The minimum absolute atomic E-state index is 0. The first kappa shape index (κ1) is 23.8. The molecule has 8 heteroatoms. The first-order valence-electron chi connectivity index (χ1n) is 9.98. The van der Waals surface area contributed by atoms with E-state index in [2.05, 4.69) is 34.2 Å². The third-order valence-corrected chi connectivity index (χ3v) is 5.33. The molecule has 1 aromatic carbocycles. The highest BCUT2D eigenvalue weighted by molar-refractivity contribution is 14.0. The van der Waals surface area contributed by atoms with Gasteiger partial charge in [0.15, 0.2) is 5.96 Å². The van der Waals surface area contributed by atoms with Crippen molar-refractivity contribution in [3.8, 4) is 11.5 Å². The zero-order valence-electron chi connectivity index (χ0n) is 17.5. The number of likely N-dealkylation sites (tertiary alicyclic amines) is 1. The van der Waals surface area contributed by atoms with Gasteiger partial charge in [-0.1, -0.05) is 12.2 Å². The first-order valence-corrected chi connectivity index (χ1v) is 9.98. The van der Waals surface area contributed by atoms with E-state index in [-0.39, 0.29) is 30.5 Å². The molecule has 2 atom stereocenters. The van der Waals surface area contributed by atoms with Crippen LogP contribution in [0.5, 0.6) is 11.5 Å². The van der Waals surface area contributed by atoms with Gasteiger partial charge in [0.2, 0.25) is 0 Å². The summed E-state index contributed by atoms with van der Waals surface area (Å²) in [5.74, 6) is 2.18. The molecule has 0 aliphatic carbocycles. The van der Waals surface area contributed by atoms with Crippen LogP contribution in [0, 0.1) is 0 Å². The summed E-state index contributed by atoms with van der Waals surface area (Å²) in [6, 6.07) is 6.00. The van der Waals surface area contributed by atoms with Crippen molar-refractivity contribution < 1.29 is 14.6 Å². The molecule has 0 bridgehead atoms. The van der Waals surface area contributed by atoms with Crippen molar-refractivity contribution in [2.45, 2.75) is 25.5 Å². The summed E-state index contributed by atoms with van der Waals surface area (Å²) in [5, 5.41) is 14.0. The molecule has 29 heavy (non-hydrogen) atoms.